The normalized spacial score (nSPS) is 13.0. The van der Waals surface area contributed by atoms with E-state index < -0.39 is 12.0 Å². The number of nitrogens with zero attached hydrogens (tertiary/aromatic N) is 2. The van der Waals surface area contributed by atoms with Crippen molar-refractivity contribution in [2.75, 3.05) is 12.4 Å². The predicted molar refractivity (Wildman–Crippen MR) is 124 cm³/mol. The molecule has 31 heavy (non-hydrogen) atoms. The number of amides is 1. The van der Waals surface area contributed by atoms with E-state index in [0.29, 0.717) is 19.4 Å². The van der Waals surface area contributed by atoms with Crippen molar-refractivity contribution in [3.8, 4) is 5.75 Å². The summed E-state index contributed by atoms with van der Waals surface area (Å²) in [6.45, 7) is 2.30. The van der Waals surface area contributed by atoms with Gasteiger partial charge in [0.05, 0.1) is 25.1 Å². The maximum absolute atomic E-state index is 11.3. The molecule has 0 radical (unpaired) electrons. The molecule has 3 aromatic rings. The average Bonchev–Trinajstić information content (AvgIpc) is 3.23. The van der Waals surface area contributed by atoms with E-state index in [1.54, 1.807) is 29.4 Å². The van der Waals surface area contributed by atoms with Gasteiger partial charge in [-0.3, -0.25) is 4.79 Å². The Morgan fingerprint density at radius 3 is 2.68 bits per heavy atom. The van der Waals surface area contributed by atoms with E-state index >= 15 is 0 Å². The molecule has 2 atom stereocenters. The van der Waals surface area contributed by atoms with Crippen LogP contribution in [0.4, 0.5) is 0 Å². The van der Waals surface area contributed by atoms with E-state index in [0.717, 1.165) is 27.0 Å². The topological polar surface area (TPSA) is 90.4 Å². The first kappa shape index (κ1) is 23.2. The molecule has 2 unspecified atom stereocenters. The summed E-state index contributed by atoms with van der Waals surface area (Å²) < 4.78 is 7.77. The summed E-state index contributed by atoms with van der Waals surface area (Å²) in [6.07, 6.45) is 3.87. The van der Waals surface area contributed by atoms with Gasteiger partial charge in [0.15, 0.2) is 0 Å². The van der Waals surface area contributed by atoms with Crippen LogP contribution < -0.4 is 10.5 Å². The van der Waals surface area contributed by atoms with Gasteiger partial charge in [-0.1, -0.05) is 29.8 Å². The molecule has 1 amide bonds. The van der Waals surface area contributed by atoms with E-state index in [9.17, 15) is 9.90 Å². The Bertz CT molecular complexity index is 992. The largest absolute Gasteiger partial charge is 0.492 e. The lowest BCUT2D eigenvalue weighted by Crippen LogP contribution is -2.21. The fourth-order valence-electron chi connectivity index (χ4n) is 3.28. The lowest BCUT2D eigenvalue weighted by atomic mass is 10.0. The molecular formula is C23H26ClN3O3S. The van der Waals surface area contributed by atoms with E-state index in [-0.39, 0.29) is 11.7 Å². The molecule has 6 nitrogen and oxygen atoms in total. The molecule has 0 saturated carbocycles. The summed E-state index contributed by atoms with van der Waals surface area (Å²) in [5.74, 6) is 1.07. The van der Waals surface area contributed by atoms with Gasteiger partial charge in [0.25, 0.3) is 5.91 Å². The summed E-state index contributed by atoms with van der Waals surface area (Å²) in [5, 5.41) is 11.0. The molecule has 0 spiro atoms. The second-order valence-corrected chi connectivity index (χ2v) is 8.78. The Labute approximate surface area is 191 Å². The zero-order valence-corrected chi connectivity index (χ0v) is 18.9. The van der Waals surface area contributed by atoms with Gasteiger partial charge < -0.3 is 20.1 Å². The fourth-order valence-corrected chi connectivity index (χ4v) is 4.14. The van der Waals surface area contributed by atoms with E-state index in [4.69, 9.17) is 22.1 Å². The number of carbonyl (C=O) groups is 1. The Morgan fingerprint density at radius 2 is 2.00 bits per heavy atom. The summed E-state index contributed by atoms with van der Waals surface area (Å²) in [6, 6.07) is 15.4. The number of aryl methyl sites for hydroxylation is 1. The first-order valence-electron chi connectivity index (χ1n) is 10.0. The summed E-state index contributed by atoms with van der Waals surface area (Å²) in [5.41, 5.74) is 6.55. The minimum atomic E-state index is -0.612. The SMILES string of the molecule is CC(O)C(CCc1ccccc1OCCSc1ccc(Cl)cc1)n1cnc(C(N)=O)c1. The molecule has 0 aliphatic heterocycles. The number of carbonyl (C=O) groups excluding carboxylic acids is 1. The van der Waals surface area contributed by atoms with Crippen LogP contribution in [-0.4, -0.2) is 39.0 Å². The number of aliphatic hydroxyl groups is 1. The van der Waals surface area contributed by atoms with Crippen molar-refractivity contribution >= 4 is 29.3 Å². The first-order valence-corrected chi connectivity index (χ1v) is 11.4. The van der Waals surface area contributed by atoms with Crippen molar-refractivity contribution in [3.05, 3.63) is 77.3 Å². The third kappa shape index (κ3) is 6.75. The van der Waals surface area contributed by atoms with Crippen LogP contribution in [0, 0.1) is 0 Å². The van der Waals surface area contributed by atoms with E-state index in [2.05, 4.69) is 4.98 Å². The van der Waals surface area contributed by atoms with Crippen molar-refractivity contribution in [2.24, 2.45) is 5.73 Å². The van der Waals surface area contributed by atoms with Gasteiger partial charge >= 0.3 is 0 Å². The van der Waals surface area contributed by atoms with Crippen LogP contribution in [0.3, 0.4) is 0 Å². The molecule has 0 bridgehead atoms. The number of halogens is 1. The number of nitrogens with two attached hydrogens (primary N) is 1. The highest BCUT2D eigenvalue weighted by molar-refractivity contribution is 7.99. The lowest BCUT2D eigenvalue weighted by Gasteiger charge is -2.22. The Morgan fingerprint density at radius 1 is 1.26 bits per heavy atom. The number of para-hydroxylation sites is 1. The van der Waals surface area contributed by atoms with Gasteiger partial charge in [0.2, 0.25) is 0 Å². The van der Waals surface area contributed by atoms with Gasteiger partial charge in [-0.25, -0.2) is 4.98 Å². The Balaban J connectivity index is 1.57. The van der Waals surface area contributed by atoms with Gasteiger partial charge in [0.1, 0.15) is 11.4 Å². The molecule has 1 aromatic heterocycles. The van der Waals surface area contributed by atoms with Gasteiger partial charge in [0, 0.05) is 21.9 Å². The van der Waals surface area contributed by atoms with Crippen LogP contribution in [0.1, 0.15) is 35.4 Å². The summed E-state index contributed by atoms with van der Waals surface area (Å²) >= 11 is 7.63. The van der Waals surface area contributed by atoms with Crippen molar-refractivity contribution in [1.82, 2.24) is 9.55 Å². The Hall–Kier alpha value is -2.48. The first-order chi connectivity index (χ1) is 14.9. The van der Waals surface area contributed by atoms with Crippen molar-refractivity contribution in [3.63, 3.8) is 0 Å². The van der Waals surface area contributed by atoms with Crippen molar-refractivity contribution < 1.29 is 14.6 Å². The highest BCUT2D eigenvalue weighted by atomic mass is 35.5. The number of benzene rings is 2. The molecule has 2 aromatic carbocycles. The molecule has 3 N–H and O–H groups in total. The molecule has 8 heteroatoms. The second-order valence-electron chi connectivity index (χ2n) is 7.18. The highest BCUT2D eigenvalue weighted by Crippen LogP contribution is 2.26. The van der Waals surface area contributed by atoms with Crippen molar-refractivity contribution in [2.45, 2.75) is 36.8 Å². The van der Waals surface area contributed by atoms with Gasteiger partial charge in [-0.05, 0) is 55.7 Å². The molecule has 1 heterocycles. The van der Waals surface area contributed by atoms with Gasteiger partial charge in [-0.2, -0.15) is 0 Å². The summed E-state index contributed by atoms with van der Waals surface area (Å²) in [7, 11) is 0. The number of hydrogen-bond donors (Lipinski definition) is 2. The fraction of sp³-hybridized carbons (Fsp3) is 0.304. The van der Waals surface area contributed by atoms with Crippen LogP contribution in [0.2, 0.25) is 5.02 Å². The van der Waals surface area contributed by atoms with Crippen LogP contribution in [0.5, 0.6) is 5.75 Å². The maximum Gasteiger partial charge on any atom is 0.268 e. The minimum absolute atomic E-state index is 0.188. The standard InChI is InChI=1S/C23H26ClN3O3S/c1-16(28)21(27-14-20(23(25)29)26-15-27)11-6-17-4-2-3-5-22(17)30-12-13-31-19-9-7-18(24)8-10-19/h2-5,7-10,14-16,21,28H,6,11-13H2,1H3,(H2,25,29). The minimum Gasteiger partial charge on any atom is -0.492 e. The monoisotopic (exact) mass is 459 g/mol. The number of ether oxygens (including phenoxy) is 1. The maximum atomic E-state index is 11.3. The van der Waals surface area contributed by atoms with E-state index in [1.807, 2.05) is 48.5 Å². The highest BCUT2D eigenvalue weighted by Gasteiger charge is 2.19. The predicted octanol–water partition coefficient (Wildman–Crippen LogP) is 4.36. The van der Waals surface area contributed by atoms with Crippen LogP contribution in [-0.2, 0) is 6.42 Å². The van der Waals surface area contributed by atoms with Crippen LogP contribution in [0.15, 0.2) is 66.0 Å². The summed E-state index contributed by atoms with van der Waals surface area (Å²) in [4.78, 5) is 16.5. The average molecular weight is 460 g/mol. The van der Waals surface area contributed by atoms with E-state index in [1.165, 1.54) is 6.33 Å². The molecule has 0 fully saturated rings. The molecule has 164 valence electrons. The number of rotatable bonds is 11. The molecular weight excluding hydrogens is 434 g/mol. The third-order valence-corrected chi connectivity index (χ3v) is 6.13. The van der Waals surface area contributed by atoms with Crippen LogP contribution >= 0.6 is 23.4 Å². The molecule has 0 saturated heterocycles. The second kappa shape index (κ2) is 11.2. The molecule has 3 rings (SSSR count). The smallest absolute Gasteiger partial charge is 0.268 e. The molecule has 0 aliphatic carbocycles. The van der Waals surface area contributed by atoms with Gasteiger partial charge in [-0.15, -0.1) is 11.8 Å². The molecule has 0 aliphatic rings. The number of primary amides is 1. The number of imidazole rings is 1. The lowest BCUT2D eigenvalue weighted by molar-refractivity contribution is 0.0994. The third-order valence-electron chi connectivity index (χ3n) is 4.90. The van der Waals surface area contributed by atoms with Crippen LogP contribution in [0.25, 0.3) is 0 Å². The zero-order valence-electron chi connectivity index (χ0n) is 17.3. The Kier molecular flexibility index (Phi) is 8.40. The number of aliphatic hydroxyl groups excluding tert-OH is 1. The number of hydrogen-bond acceptors (Lipinski definition) is 5. The van der Waals surface area contributed by atoms with Crippen molar-refractivity contribution in [1.29, 1.82) is 0 Å². The quantitative estimate of drug-likeness (QED) is 0.328. The zero-order chi connectivity index (χ0) is 22.2. The number of thioether (sulfide) groups is 1. The number of aromatic nitrogens is 2.